The topological polar surface area (TPSA) is 67.1 Å². The number of benzene rings is 1. The van der Waals surface area contributed by atoms with E-state index in [0.717, 1.165) is 31.7 Å². The zero-order chi connectivity index (χ0) is 15.5. The van der Waals surface area contributed by atoms with Crippen LogP contribution in [-0.2, 0) is 6.18 Å². The van der Waals surface area contributed by atoms with Crippen LogP contribution in [0.4, 0.5) is 23.7 Å². The number of urea groups is 1. The molecular weight excluding hydrogens is 283 g/mol. The molecule has 4 nitrogen and oxygen atoms in total. The molecule has 4 N–H and O–H groups in total. The molecule has 0 radical (unpaired) electrons. The van der Waals surface area contributed by atoms with Crippen molar-refractivity contribution in [2.24, 2.45) is 5.73 Å². The van der Waals surface area contributed by atoms with E-state index in [-0.39, 0.29) is 17.8 Å². The van der Waals surface area contributed by atoms with Crippen LogP contribution in [0.3, 0.4) is 0 Å². The fraction of sp³-hybridized carbons (Fsp3) is 0.500. The summed E-state index contributed by atoms with van der Waals surface area (Å²) in [5.41, 5.74) is 4.67. The highest BCUT2D eigenvalue weighted by atomic mass is 19.4. The molecule has 116 valence electrons. The maximum Gasteiger partial charge on any atom is 0.418 e. The number of carbonyl (C=O) groups is 1. The van der Waals surface area contributed by atoms with Gasteiger partial charge in [0.05, 0.1) is 11.3 Å². The number of amides is 2. The summed E-state index contributed by atoms with van der Waals surface area (Å²) in [7, 11) is 0. The number of hydrogen-bond donors (Lipinski definition) is 3. The Morgan fingerprint density at radius 3 is 2.38 bits per heavy atom. The van der Waals surface area contributed by atoms with Crippen molar-refractivity contribution in [3.63, 3.8) is 0 Å². The second kappa shape index (κ2) is 6.34. The highest BCUT2D eigenvalue weighted by Gasteiger charge is 2.33. The highest BCUT2D eigenvalue weighted by molar-refractivity contribution is 5.90. The Bertz CT molecular complexity index is 496. The van der Waals surface area contributed by atoms with Gasteiger partial charge in [-0.2, -0.15) is 13.2 Å². The summed E-state index contributed by atoms with van der Waals surface area (Å²) in [5, 5.41) is 4.97. The van der Waals surface area contributed by atoms with E-state index in [0.29, 0.717) is 0 Å². The van der Waals surface area contributed by atoms with Gasteiger partial charge in [-0.15, -0.1) is 0 Å². The monoisotopic (exact) mass is 301 g/mol. The number of anilines is 1. The van der Waals surface area contributed by atoms with Crippen molar-refractivity contribution in [3.8, 4) is 0 Å². The summed E-state index contributed by atoms with van der Waals surface area (Å²) in [6.45, 7) is 0. The third-order valence-corrected chi connectivity index (χ3v) is 3.59. The molecule has 0 saturated heterocycles. The summed E-state index contributed by atoms with van der Waals surface area (Å²) < 4.78 is 38.4. The number of alkyl halides is 3. The van der Waals surface area contributed by atoms with Crippen molar-refractivity contribution in [2.75, 3.05) is 5.32 Å². The molecular formula is C14H18F3N3O. The maximum absolute atomic E-state index is 12.8. The van der Waals surface area contributed by atoms with E-state index in [2.05, 4.69) is 10.6 Å². The van der Waals surface area contributed by atoms with E-state index in [4.69, 9.17) is 5.73 Å². The number of hydrogen-bond acceptors (Lipinski definition) is 2. The molecule has 2 rings (SSSR count). The SMILES string of the molecule is NC1CCC(NC(=O)Nc2ccccc2C(F)(F)F)CC1. The zero-order valence-corrected chi connectivity index (χ0v) is 11.4. The minimum absolute atomic E-state index is 0.0390. The molecule has 0 spiro atoms. The first-order valence-corrected chi connectivity index (χ1v) is 6.85. The lowest BCUT2D eigenvalue weighted by molar-refractivity contribution is -0.136. The van der Waals surface area contributed by atoms with Crippen LogP contribution in [-0.4, -0.2) is 18.1 Å². The van der Waals surface area contributed by atoms with E-state index in [1.807, 2.05) is 0 Å². The standard InChI is InChI=1S/C14H18F3N3O/c15-14(16,17)11-3-1-2-4-12(11)20-13(21)19-10-7-5-9(18)6-8-10/h1-4,9-10H,5-8,18H2,(H2,19,20,21). The quantitative estimate of drug-likeness (QED) is 0.785. The van der Waals surface area contributed by atoms with Gasteiger partial charge in [-0.25, -0.2) is 4.79 Å². The third-order valence-electron chi connectivity index (χ3n) is 3.59. The van der Waals surface area contributed by atoms with Gasteiger partial charge in [0.25, 0.3) is 0 Å². The van der Waals surface area contributed by atoms with Crippen molar-refractivity contribution in [1.82, 2.24) is 5.32 Å². The first-order valence-electron chi connectivity index (χ1n) is 6.85. The summed E-state index contributed by atoms with van der Waals surface area (Å²) in [6.07, 6.45) is -1.39. The van der Waals surface area contributed by atoms with Gasteiger partial charge in [0.1, 0.15) is 0 Å². The molecule has 1 aromatic carbocycles. The predicted octanol–water partition coefficient (Wildman–Crippen LogP) is 3.10. The minimum atomic E-state index is -4.50. The average Bonchev–Trinajstić information content (AvgIpc) is 2.41. The molecule has 1 aromatic rings. The lowest BCUT2D eigenvalue weighted by Crippen LogP contribution is -2.42. The van der Waals surface area contributed by atoms with Crippen LogP contribution in [0, 0.1) is 0 Å². The Balaban J connectivity index is 1.97. The number of nitrogens with one attached hydrogen (secondary N) is 2. The van der Waals surface area contributed by atoms with Crippen LogP contribution in [0.25, 0.3) is 0 Å². The van der Waals surface area contributed by atoms with Gasteiger partial charge in [-0.1, -0.05) is 12.1 Å². The molecule has 7 heteroatoms. The molecule has 0 unspecified atom stereocenters. The largest absolute Gasteiger partial charge is 0.418 e. The number of rotatable bonds is 2. The number of nitrogens with two attached hydrogens (primary N) is 1. The lowest BCUT2D eigenvalue weighted by atomic mass is 9.92. The Kier molecular flexibility index (Phi) is 4.72. The van der Waals surface area contributed by atoms with E-state index < -0.39 is 17.8 Å². The van der Waals surface area contributed by atoms with E-state index in [9.17, 15) is 18.0 Å². The van der Waals surface area contributed by atoms with Crippen molar-refractivity contribution in [3.05, 3.63) is 29.8 Å². The summed E-state index contributed by atoms with van der Waals surface area (Å²) >= 11 is 0. The van der Waals surface area contributed by atoms with Crippen molar-refractivity contribution >= 4 is 11.7 Å². The predicted molar refractivity (Wildman–Crippen MR) is 73.8 cm³/mol. The van der Waals surface area contributed by atoms with E-state index in [1.54, 1.807) is 0 Å². The Labute approximate surface area is 120 Å². The smallest absolute Gasteiger partial charge is 0.335 e. The fourth-order valence-electron chi connectivity index (χ4n) is 2.45. The Morgan fingerprint density at radius 1 is 1.14 bits per heavy atom. The van der Waals surface area contributed by atoms with Crippen LogP contribution in [0.1, 0.15) is 31.2 Å². The third kappa shape index (κ3) is 4.35. The Hall–Kier alpha value is -1.76. The van der Waals surface area contributed by atoms with Gasteiger partial charge >= 0.3 is 12.2 Å². The van der Waals surface area contributed by atoms with Gasteiger partial charge in [-0.05, 0) is 37.8 Å². The second-order valence-electron chi connectivity index (χ2n) is 5.25. The fourth-order valence-corrected chi connectivity index (χ4v) is 2.45. The molecule has 0 atom stereocenters. The van der Waals surface area contributed by atoms with Crippen LogP contribution in [0.15, 0.2) is 24.3 Å². The molecule has 0 aliphatic heterocycles. The molecule has 0 heterocycles. The average molecular weight is 301 g/mol. The van der Waals surface area contributed by atoms with Gasteiger partial charge in [0.15, 0.2) is 0 Å². The van der Waals surface area contributed by atoms with Crippen molar-refractivity contribution < 1.29 is 18.0 Å². The zero-order valence-electron chi connectivity index (χ0n) is 11.4. The van der Waals surface area contributed by atoms with Crippen LogP contribution < -0.4 is 16.4 Å². The molecule has 1 saturated carbocycles. The molecule has 2 amide bonds. The summed E-state index contributed by atoms with van der Waals surface area (Å²) in [4.78, 5) is 11.8. The minimum Gasteiger partial charge on any atom is -0.335 e. The van der Waals surface area contributed by atoms with Gasteiger partial charge < -0.3 is 16.4 Å². The van der Waals surface area contributed by atoms with Crippen molar-refractivity contribution in [1.29, 1.82) is 0 Å². The van der Waals surface area contributed by atoms with Crippen LogP contribution >= 0.6 is 0 Å². The highest BCUT2D eigenvalue weighted by Crippen LogP contribution is 2.34. The number of para-hydroxylation sites is 1. The Morgan fingerprint density at radius 2 is 1.76 bits per heavy atom. The van der Waals surface area contributed by atoms with Crippen LogP contribution in [0.5, 0.6) is 0 Å². The molecule has 1 aliphatic rings. The van der Waals surface area contributed by atoms with Crippen LogP contribution in [0.2, 0.25) is 0 Å². The lowest BCUT2D eigenvalue weighted by Gasteiger charge is -2.27. The van der Waals surface area contributed by atoms with Gasteiger partial charge in [-0.3, -0.25) is 0 Å². The summed E-state index contributed by atoms with van der Waals surface area (Å²) in [5.74, 6) is 0. The number of halogens is 3. The first kappa shape index (κ1) is 15.6. The van der Waals surface area contributed by atoms with Gasteiger partial charge in [0, 0.05) is 12.1 Å². The van der Waals surface area contributed by atoms with Gasteiger partial charge in [0.2, 0.25) is 0 Å². The first-order chi connectivity index (χ1) is 9.86. The molecule has 1 fully saturated rings. The molecule has 1 aliphatic carbocycles. The van der Waals surface area contributed by atoms with Crippen molar-refractivity contribution in [2.45, 2.75) is 43.9 Å². The normalized spacial score (nSPS) is 22.7. The maximum atomic E-state index is 12.8. The molecule has 0 aromatic heterocycles. The summed E-state index contributed by atoms with van der Waals surface area (Å²) in [6, 6.07) is 4.40. The van der Waals surface area contributed by atoms with E-state index in [1.165, 1.54) is 18.2 Å². The van der Waals surface area contributed by atoms with E-state index >= 15 is 0 Å². The second-order valence-corrected chi connectivity index (χ2v) is 5.25. The number of carbonyl (C=O) groups excluding carboxylic acids is 1. The molecule has 21 heavy (non-hydrogen) atoms. The molecule has 0 bridgehead atoms.